The van der Waals surface area contributed by atoms with E-state index >= 15 is 0 Å². The van der Waals surface area contributed by atoms with Gasteiger partial charge in [0.05, 0.1) is 18.5 Å². The summed E-state index contributed by atoms with van der Waals surface area (Å²) in [6.45, 7) is 0.745. The molecule has 2 unspecified atom stereocenters. The van der Waals surface area contributed by atoms with Crippen LogP contribution in [0.1, 0.15) is 38.5 Å². The van der Waals surface area contributed by atoms with E-state index in [1.807, 2.05) is 0 Å². The molecule has 0 saturated heterocycles. The molecule has 4 aliphatic rings. The Bertz CT molecular complexity index is 428. The van der Waals surface area contributed by atoms with E-state index in [1.54, 1.807) is 7.11 Å². The molecule has 0 amide bonds. The molecule has 0 aromatic heterocycles. The van der Waals surface area contributed by atoms with Crippen LogP contribution in [0.15, 0.2) is 0 Å². The first kappa shape index (κ1) is 12.9. The Morgan fingerprint density at radius 2 is 1.78 bits per heavy atom. The summed E-state index contributed by atoms with van der Waals surface area (Å²) in [7, 11) is -1.63. The minimum absolute atomic E-state index is 0.170. The maximum absolute atomic E-state index is 11.5. The van der Waals surface area contributed by atoms with Crippen molar-refractivity contribution < 1.29 is 17.3 Å². The van der Waals surface area contributed by atoms with Crippen molar-refractivity contribution in [2.75, 3.05) is 20.0 Å². The second-order valence-corrected chi connectivity index (χ2v) is 8.44. The molecule has 0 N–H and O–H groups in total. The van der Waals surface area contributed by atoms with Crippen LogP contribution in [-0.4, -0.2) is 34.0 Å². The van der Waals surface area contributed by atoms with E-state index in [1.165, 1.54) is 25.5 Å². The highest BCUT2D eigenvalue weighted by Gasteiger charge is 2.59. The van der Waals surface area contributed by atoms with E-state index in [0.717, 1.165) is 25.9 Å². The quantitative estimate of drug-likeness (QED) is 0.735. The van der Waals surface area contributed by atoms with Gasteiger partial charge < -0.3 is 4.74 Å². The van der Waals surface area contributed by atoms with Crippen molar-refractivity contribution in [3.8, 4) is 0 Å². The maximum atomic E-state index is 11.5. The zero-order chi connectivity index (χ0) is 13.0. The smallest absolute Gasteiger partial charge is 0.264 e. The summed E-state index contributed by atoms with van der Waals surface area (Å²) < 4.78 is 34.0. The van der Waals surface area contributed by atoms with Gasteiger partial charge in [-0.2, -0.15) is 8.42 Å². The summed E-state index contributed by atoms with van der Waals surface area (Å²) in [6.07, 6.45) is 7.49. The summed E-state index contributed by atoms with van der Waals surface area (Å²) in [5, 5.41) is 0. The van der Waals surface area contributed by atoms with Crippen LogP contribution in [-0.2, 0) is 19.0 Å². The van der Waals surface area contributed by atoms with Crippen LogP contribution in [0.4, 0.5) is 0 Å². The standard InChI is InChI=1S/C13H22O4S/c1-16-9-12-4-10-3-11(5-12)7-13(6-10,8-12)17-18(2,14)15/h10-11H,3-9H2,1-2H3. The third-order valence-corrected chi connectivity index (χ3v) is 5.56. The van der Waals surface area contributed by atoms with E-state index in [4.69, 9.17) is 8.92 Å². The average Bonchev–Trinajstić information content (AvgIpc) is 2.09. The van der Waals surface area contributed by atoms with Crippen molar-refractivity contribution in [1.82, 2.24) is 0 Å². The molecule has 0 aliphatic heterocycles. The van der Waals surface area contributed by atoms with Crippen LogP contribution in [0.3, 0.4) is 0 Å². The van der Waals surface area contributed by atoms with E-state index in [-0.39, 0.29) is 5.41 Å². The first-order chi connectivity index (χ1) is 8.34. The van der Waals surface area contributed by atoms with Gasteiger partial charge in [-0.3, -0.25) is 4.18 Å². The molecule has 4 nitrogen and oxygen atoms in total. The van der Waals surface area contributed by atoms with Gasteiger partial charge in [-0.05, 0) is 55.8 Å². The first-order valence-electron chi connectivity index (χ1n) is 6.73. The minimum Gasteiger partial charge on any atom is -0.384 e. The van der Waals surface area contributed by atoms with E-state index in [2.05, 4.69) is 0 Å². The first-order valence-corrected chi connectivity index (χ1v) is 8.55. The number of hydrogen-bond donors (Lipinski definition) is 0. The fraction of sp³-hybridized carbons (Fsp3) is 1.00. The summed E-state index contributed by atoms with van der Waals surface area (Å²) in [5.74, 6) is 1.26. The lowest BCUT2D eigenvalue weighted by molar-refractivity contribution is -0.163. The molecular weight excluding hydrogens is 252 g/mol. The summed E-state index contributed by atoms with van der Waals surface area (Å²) >= 11 is 0. The Balaban J connectivity index is 1.89. The summed E-state index contributed by atoms with van der Waals surface area (Å²) in [4.78, 5) is 0. The number of ether oxygens (including phenoxy) is 1. The monoisotopic (exact) mass is 274 g/mol. The average molecular weight is 274 g/mol. The second kappa shape index (κ2) is 3.93. The van der Waals surface area contributed by atoms with Crippen molar-refractivity contribution in [1.29, 1.82) is 0 Å². The van der Waals surface area contributed by atoms with Crippen LogP contribution in [0.25, 0.3) is 0 Å². The molecule has 4 rings (SSSR count). The molecule has 4 fully saturated rings. The Labute approximate surface area is 109 Å². The highest BCUT2D eigenvalue weighted by molar-refractivity contribution is 7.86. The molecule has 0 spiro atoms. The van der Waals surface area contributed by atoms with Crippen molar-refractivity contribution in [2.45, 2.75) is 44.1 Å². The van der Waals surface area contributed by atoms with Crippen LogP contribution in [0.5, 0.6) is 0 Å². The van der Waals surface area contributed by atoms with Crippen LogP contribution in [0.2, 0.25) is 0 Å². The molecule has 18 heavy (non-hydrogen) atoms. The van der Waals surface area contributed by atoms with Gasteiger partial charge in [0.2, 0.25) is 0 Å². The van der Waals surface area contributed by atoms with Gasteiger partial charge in [0.1, 0.15) is 0 Å². The van der Waals surface area contributed by atoms with Crippen molar-refractivity contribution in [3.63, 3.8) is 0 Å². The van der Waals surface area contributed by atoms with Gasteiger partial charge in [-0.15, -0.1) is 0 Å². The third-order valence-electron chi connectivity index (χ3n) is 4.91. The topological polar surface area (TPSA) is 52.6 Å². The van der Waals surface area contributed by atoms with Crippen LogP contribution in [0, 0.1) is 17.3 Å². The van der Waals surface area contributed by atoms with Crippen molar-refractivity contribution in [2.24, 2.45) is 17.3 Å². The number of rotatable bonds is 4. The molecule has 104 valence electrons. The third kappa shape index (κ3) is 2.21. The lowest BCUT2D eigenvalue weighted by Crippen LogP contribution is -2.58. The van der Waals surface area contributed by atoms with E-state index < -0.39 is 15.7 Å². The molecular formula is C13H22O4S. The zero-order valence-corrected chi connectivity index (χ0v) is 12.0. The predicted molar refractivity (Wildman–Crippen MR) is 67.7 cm³/mol. The largest absolute Gasteiger partial charge is 0.384 e. The van der Waals surface area contributed by atoms with E-state index in [9.17, 15) is 8.42 Å². The Hall–Kier alpha value is -0.130. The molecule has 5 heteroatoms. The van der Waals surface area contributed by atoms with E-state index in [0.29, 0.717) is 11.8 Å². The Morgan fingerprint density at radius 1 is 1.17 bits per heavy atom. The molecule has 0 aromatic carbocycles. The highest BCUT2D eigenvalue weighted by Crippen LogP contribution is 2.63. The van der Waals surface area contributed by atoms with Gasteiger partial charge >= 0.3 is 0 Å². The van der Waals surface area contributed by atoms with Gasteiger partial charge in [0.25, 0.3) is 10.1 Å². The zero-order valence-electron chi connectivity index (χ0n) is 11.1. The van der Waals surface area contributed by atoms with Crippen LogP contribution >= 0.6 is 0 Å². The van der Waals surface area contributed by atoms with Gasteiger partial charge in [0, 0.05) is 7.11 Å². The normalized spacial score (nSPS) is 46.6. The molecule has 2 atom stereocenters. The summed E-state index contributed by atoms with van der Waals surface area (Å²) in [5.41, 5.74) is -0.250. The number of hydrogen-bond acceptors (Lipinski definition) is 4. The summed E-state index contributed by atoms with van der Waals surface area (Å²) in [6, 6.07) is 0. The fourth-order valence-corrected chi connectivity index (χ4v) is 6.10. The van der Waals surface area contributed by atoms with Crippen molar-refractivity contribution >= 4 is 10.1 Å². The minimum atomic E-state index is -3.37. The highest BCUT2D eigenvalue weighted by atomic mass is 32.2. The van der Waals surface area contributed by atoms with Gasteiger partial charge in [-0.25, -0.2) is 0 Å². The second-order valence-electron chi connectivity index (χ2n) is 6.86. The Morgan fingerprint density at radius 3 is 2.28 bits per heavy atom. The maximum Gasteiger partial charge on any atom is 0.264 e. The van der Waals surface area contributed by atoms with Crippen LogP contribution < -0.4 is 0 Å². The number of methoxy groups -OCH3 is 1. The lowest BCUT2D eigenvalue weighted by atomic mass is 9.48. The predicted octanol–water partition coefficient (Wildman–Crippen LogP) is 1.95. The molecule has 0 aromatic rings. The Kier molecular flexibility index (Phi) is 2.81. The molecule has 0 radical (unpaired) electrons. The lowest BCUT2D eigenvalue weighted by Gasteiger charge is -2.60. The fourth-order valence-electron chi connectivity index (χ4n) is 5.26. The SMILES string of the molecule is COCC12CC3CC(C1)CC(OS(C)(=O)=O)(C3)C2. The molecule has 4 saturated carbocycles. The van der Waals surface area contributed by atoms with Crippen molar-refractivity contribution in [3.05, 3.63) is 0 Å². The molecule has 0 heterocycles. The van der Waals surface area contributed by atoms with Gasteiger partial charge in [-0.1, -0.05) is 0 Å². The molecule has 4 bridgehead atoms. The molecule has 4 aliphatic carbocycles. The van der Waals surface area contributed by atoms with Gasteiger partial charge in [0.15, 0.2) is 0 Å².